The quantitative estimate of drug-likeness (QED) is 0.507. The molecule has 2 aromatic rings. The molecule has 2 rings (SSSR count). The summed E-state index contributed by atoms with van der Waals surface area (Å²) in [6.07, 6.45) is 0. The molecule has 0 bridgehead atoms. The van der Waals surface area contributed by atoms with Crippen LogP contribution < -0.4 is 0 Å². The van der Waals surface area contributed by atoms with Crippen molar-refractivity contribution in [2.24, 2.45) is 0 Å². The van der Waals surface area contributed by atoms with Gasteiger partial charge in [0, 0.05) is 0 Å². The highest BCUT2D eigenvalue weighted by Gasteiger charge is 2.14. The Morgan fingerprint density at radius 1 is 0.812 bits per heavy atom. The first-order valence-corrected chi connectivity index (χ1v) is 4.91. The number of hydrogen-bond donors (Lipinski definition) is 3. The van der Waals surface area contributed by atoms with Crippen molar-refractivity contribution < 1.29 is 15.3 Å². The molecule has 3 nitrogen and oxygen atoms in total. The molecule has 3 heteroatoms. The van der Waals surface area contributed by atoms with Crippen LogP contribution >= 0.6 is 0 Å². The Hall–Kier alpha value is -2.16. The molecule has 0 radical (unpaired) electrons. The van der Waals surface area contributed by atoms with E-state index in [-0.39, 0.29) is 22.8 Å². The van der Waals surface area contributed by atoms with Crippen molar-refractivity contribution in [1.82, 2.24) is 0 Å². The maximum atomic E-state index is 9.75. The zero-order valence-corrected chi connectivity index (χ0v) is 8.81. The summed E-state index contributed by atoms with van der Waals surface area (Å²) in [6, 6.07) is 9.95. The fourth-order valence-electron chi connectivity index (χ4n) is 1.69. The predicted octanol–water partition coefficient (Wildman–Crippen LogP) is 2.78. The van der Waals surface area contributed by atoms with E-state index in [4.69, 9.17) is 0 Å². The topological polar surface area (TPSA) is 60.7 Å². The van der Waals surface area contributed by atoms with Crippen molar-refractivity contribution in [3.8, 4) is 28.4 Å². The highest BCUT2D eigenvalue weighted by Crippen LogP contribution is 2.43. The monoisotopic (exact) mass is 216 g/mol. The van der Waals surface area contributed by atoms with E-state index >= 15 is 0 Å². The minimum atomic E-state index is -0.297. The van der Waals surface area contributed by atoms with E-state index in [1.54, 1.807) is 6.07 Å². The van der Waals surface area contributed by atoms with Gasteiger partial charge in [0.15, 0.2) is 11.5 Å². The molecule has 0 amide bonds. The maximum Gasteiger partial charge on any atom is 0.169 e. The van der Waals surface area contributed by atoms with Gasteiger partial charge >= 0.3 is 0 Å². The third-order valence-corrected chi connectivity index (χ3v) is 2.55. The lowest BCUT2D eigenvalue weighted by molar-refractivity contribution is 0.398. The molecule has 3 N–H and O–H groups in total. The van der Waals surface area contributed by atoms with Crippen LogP contribution in [0.15, 0.2) is 36.4 Å². The van der Waals surface area contributed by atoms with Crippen molar-refractivity contribution in [1.29, 1.82) is 0 Å². The lowest BCUT2D eigenvalue weighted by Gasteiger charge is -2.10. The van der Waals surface area contributed by atoms with Gasteiger partial charge in [0.2, 0.25) is 0 Å². The second-order valence-corrected chi connectivity index (χ2v) is 3.64. The Balaban J connectivity index is 2.74. The van der Waals surface area contributed by atoms with Gasteiger partial charge in [0.25, 0.3) is 0 Å². The van der Waals surface area contributed by atoms with Crippen molar-refractivity contribution in [3.63, 3.8) is 0 Å². The first-order chi connectivity index (χ1) is 7.61. The van der Waals surface area contributed by atoms with Gasteiger partial charge < -0.3 is 15.3 Å². The van der Waals surface area contributed by atoms with Crippen molar-refractivity contribution in [2.75, 3.05) is 0 Å². The molecule has 0 atom stereocenters. The Morgan fingerprint density at radius 3 is 2.12 bits per heavy atom. The van der Waals surface area contributed by atoms with Gasteiger partial charge in [-0.2, -0.15) is 0 Å². The summed E-state index contributed by atoms with van der Waals surface area (Å²) < 4.78 is 0. The van der Waals surface area contributed by atoms with Crippen LogP contribution in [0.25, 0.3) is 11.1 Å². The number of aromatic hydroxyl groups is 3. The second-order valence-electron chi connectivity index (χ2n) is 3.64. The van der Waals surface area contributed by atoms with Gasteiger partial charge in [-0.1, -0.05) is 24.3 Å². The predicted molar refractivity (Wildman–Crippen MR) is 61.6 cm³/mol. The van der Waals surface area contributed by atoms with E-state index in [1.807, 2.05) is 25.1 Å². The summed E-state index contributed by atoms with van der Waals surface area (Å²) in [6.45, 7) is 1.87. The minimum Gasteiger partial charge on any atom is -0.507 e. The lowest BCUT2D eigenvalue weighted by atomic mass is 9.98. The summed E-state index contributed by atoms with van der Waals surface area (Å²) in [7, 11) is 0. The highest BCUT2D eigenvalue weighted by molar-refractivity contribution is 5.80. The van der Waals surface area contributed by atoms with Crippen LogP contribution in [0.4, 0.5) is 0 Å². The van der Waals surface area contributed by atoms with Gasteiger partial charge in [-0.3, -0.25) is 0 Å². The Kier molecular flexibility index (Phi) is 2.44. The van der Waals surface area contributed by atoms with Crippen LogP contribution in [-0.2, 0) is 0 Å². The molecule has 0 spiro atoms. The standard InChI is InChI=1S/C13H12O3/c1-8-4-2-3-5-9(8)12-10(14)6-7-11(15)13(12)16/h2-7,14-16H,1H3. The van der Waals surface area contributed by atoms with Crippen LogP contribution in [0.1, 0.15) is 5.56 Å². The molecule has 2 aromatic carbocycles. The van der Waals surface area contributed by atoms with Crippen LogP contribution in [0.2, 0.25) is 0 Å². The minimum absolute atomic E-state index is 0.0513. The van der Waals surface area contributed by atoms with E-state index in [9.17, 15) is 15.3 Å². The van der Waals surface area contributed by atoms with E-state index in [2.05, 4.69) is 0 Å². The fourth-order valence-corrected chi connectivity index (χ4v) is 1.69. The largest absolute Gasteiger partial charge is 0.507 e. The van der Waals surface area contributed by atoms with Gasteiger partial charge in [0.1, 0.15) is 5.75 Å². The molecule has 0 unspecified atom stereocenters. The molecule has 0 heterocycles. The summed E-state index contributed by atoms with van der Waals surface area (Å²) in [5.41, 5.74) is 1.88. The third kappa shape index (κ3) is 1.56. The molecular formula is C13H12O3. The van der Waals surface area contributed by atoms with E-state index in [0.717, 1.165) is 5.56 Å². The van der Waals surface area contributed by atoms with Gasteiger partial charge in [-0.05, 0) is 30.2 Å². The van der Waals surface area contributed by atoms with Gasteiger partial charge in [0.05, 0.1) is 5.56 Å². The average molecular weight is 216 g/mol. The lowest BCUT2D eigenvalue weighted by Crippen LogP contribution is -1.85. The average Bonchev–Trinajstić information content (AvgIpc) is 2.27. The maximum absolute atomic E-state index is 9.75. The van der Waals surface area contributed by atoms with Crippen LogP contribution in [-0.4, -0.2) is 15.3 Å². The molecule has 0 aromatic heterocycles. The van der Waals surface area contributed by atoms with Crippen molar-refractivity contribution >= 4 is 0 Å². The molecule has 0 aliphatic heterocycles. The van der Waals surface area contributed by atoms with E-state index < -0.39 is 0 Å². The summed E-state index contributed by atoms with van der Waals surface area (Å²) >= 11 is 0. The zero-order chi connectivity index (χ0) is 11.7. The first kappa shape index (κ1) is 10.4. The third-order valence-electron chi connectivity index (χ3n) is 2.55. The fraction of sp³-hybridized carbons (Fsp3) is 0.0769. The first-order valence-electron chi connectivity index (χ1n) is 4.91. The molecular weight excluding hydrogens is 204 g/mol. The number of rotatable bonds is 1. The van der Waals surface area contributed by atoms with Gasteiger partial charge in [-0.15, -0.1) is 0 Å². The number of hydrogen-bond acceptors (Lipinski definition) is 3. The number of benzene rings is 2. The molecule has 0 saturated heterocycles. The highest BCUT2D eigenvalue weighted by atomic mass is 16.3. The summed E-state index contributed by atoms with van der Waals surface area (Å²) in [4.78, 5) is 0. The molecule has 0 aliphatic rings. The van der Waals surface area contributed by atoms with Crippen molar-refractivity contribution in [3.05, 3.63) is 42.0 Å². The Labute approximate surface area is 93.2 Å². The molecule has 0 saturated carbocycles. The Morgan fingerprint density at radius 2 is 1.44 bits per heavy atom. The molecule has 0 fully saturated rings. The summed E-state index contributed by atoms with van der Waals surface area (Å²) in [5, 5.41) is 28.9. The van der Waals surface area contributed by atoms with Gasteiger partial charge in [-0.25, -0.2) is 0 Å². The molecule has 0 aliphatic carbocycles. The normalized spacial score (nSPS) is 10.3. The van der Waals surface area contributed by atoms with E-state index in [1.165, 1.54) is 12.1 Å². The number of phenols is 3. The number of phenolic OH excluding ortho intramolecular Hbond substituents is 3. The SMILES string of the molecule is Cc1ccccc1-c1c(O)ccc(O)c1O. The van der Waals surface area contributed by atoms with Crippen molar-refractivity contribution in [2.45, 2.75) is 6.92 Å². The number of aryl methyl sites for hydroxylation is 1. The molecule has 82 valence electrons. The van der Waals surface area contributed by atoms with Crippen LogP contribution in [0.5, 0.6) is 17.2 Å². The van der Waals surface area contributed by atoms with E-state index in [0.29, 0.717) is 5.56 Å². The molecule has 16 heavy (non-hydrogen) atoms. The van der Waals surface area contributed by atoms with Crippen LogP contribution in [0.3, 0.4) is 0 Å². The van der Waals surface area contributed by atoms with Crippen LogP contribution in [0, 0.1) is 6.92 Å². The Bertz CT molecular complexity index is 533. The second kappa shape index (κ2) is 3.77. The smallest absolute Gasteiger partial charge is 0.169 e. The summed E-state index contributed by atoms with van der Waals surface area (Å²) in [5.74, 6) is -0.588. The zero-order valence-electron chi connectivity index (χ0n) is 8.81.